The highest BCUT2D eigenvalue weighted by molar-refractivity contribution is 6.53. The fourth-order valence-electron chi connectivity index (χ4n) is 3.52. The second-order valence-electron chi connectivity index (χ2n) is 7.74. The minimum absolute atomic E-state index is 0.0161. The van der Waals surface area contributed by atoms with E-state index in [9.17, 15) is 14.4 Å². The zero-order valence-corrected chi connectivity index (χ0v) is 19.6. The molecule has 0 aromatic heterocycles. The minimum Gasteiger partial charge on any atom is -0.423 e. The van der Waals surface area contributed by atoms with Crippen molar-refractivity contribution in [2.45, 2.75) is 26.7 Å². The number of hydrogen-bond acceptors (Lipinski definition) is 5. The first kappa shape index (κ1) is 23.3. The number of amides is 2. The van der Waals surface area contributed by atoms with Gasteiger partial charge in [0.05, 0.1) is 11.3 Å². The van der Waals surface area contributed by atoms with E-state index < -0.39 is 17.8 Å². The average molecular weight is 475 g/mol. The minimum atomic E-state index is -0.590. The maximum atomic E-state index is 12.9. The molecule has 0 aliphatic carbocycles. The fourth-order valence-corrected chi connectivity index (χ4v) is 3.73. The lowest BCUT2D eigenvalue weighted by Crippen LogP contribution is -2.32. The summed E-state index contributed by atoms with van der Waals surface area (Å²) in [6, 6.07) is 20.9. The first-order valence-electron chi connectivity index (χ1n) is 11.0. The number of esters is 1. The molecule has 6 nitrogen and oxygen atoms in total. The zero-order valence-electron chi connectivity index (χ0n) is 18.8. The van der Waals surface area contributed by atoms with Crippen molar-refractivity contribution in [2.24, 2.45) is 0 Å². The van der Waals surface area contributed by atoms with Crippen LogP contribution in [0.4, 0.5) is 11.4 Å². The molecule has 172 valence electrons. The van der Waals surface area contributed by atoms with Crippen LogP contribution in [-0.4, -0.2) is 17.8 Å². The first-order chi connectivity index (χ1) is 16.4. The Balaban J connectivity index is 1.45. The Morgan fingerprint density at radius 1 is 0.824 bits per heavy atom. The lowest BCUT2D eigenvalue weighted by molar-refractivity contribution is -0.120. The lowest BCUT2D eigenvalue weighted by atomic mass is 10.1. The SMILES string of the molecule is CCc1ccc(OC(=O)c2ccc(NC3=C(Cl)C(=O)N(c4ccc(CC)cc4)C3=O)cc2)cc1. The van der Waals surface area contributed by atoms with Crippen LogP contribution in [0, 0.1) is 0 Å². The molecule has 0 bridgehead atoms. The van der Waals surface area contributed by atoms with Crippen LogP contribution in [0.2, 0.25) is 0 Å². The molecule has 1 heterocycles. The maximum absolute atomic E-state index is 12.9. The molecule has 1 N–H and O–H groups in total. The number of nitrogens with zero attached hydrogens (tertiary/aromatic N) is 1. The molecular weight excluding hydrogens is 452 g/mol. The number of imide groups is 1. The quantitative estimate of drug-likeness (QED) is 0.279. The number of halogens is 1. The van der Waals surface area contributed by atoms with E-state index in [1.165, 1.54) is 0 Å². The van der Waals surface area contributed by atoms with Crippen LogP contribution in [0.25, 0.3) is 0 Å². The Hall–Kier alpha value is -3.90. The maximum Gasteiger partial charge on any atom is 0.343 e. The topological polar surface area (TPSA) is 75.7 Å². The number of rotatable bonds is 7. The van der Waals surface area contributed by atoms with E-state index in [0.717, 1.165) is 28.9 Å². The molecule has 0 saturated carbocycles. The second-order valence-corrected chi connectivity index (χ2v) is 8.12. The van der Waals surface area contributed by atoms with Gasteiger partial charge in [0.25, 0.3) is 11.8 Å². The summed E-state index contributed by atoms with van der Waals surface area (Å²) in [5, 5.41) is 2.71. The van der Waals surface area contributed by atoms with Crippen molar-refractivity contribution in [3.8, 4) is 5.75 Å². The van der Waals surface area contributed by atoms with Gasteiger partial charge in [-0.15, -0.1) is 0 Å². The van der Waals surface area contributed by atoms with Crippen molar-refractivity contribution in [3.05, 3.63) is 100 Å². The molecule has 0 unspecified atom stereocenters. The smallest absolute Gasteiger partial charge is 0.343 e. The average Bonchev–Trinajstić information content (AvgIpc) is 3.08. The predicted molar refractivity (Wildman–Crippen MR) is 132 cm³/mol. The Bertz CT molecular complexity index is 1260. The fraction of sp³-hybridized carbons (Fsp3) is 0.148. The summed E-state index contributed by atoms with van der Waals surface area (Å²) < 4.78 is 5.41. The van der Waals surface area contributed by atoms with Gasteiger partial charge in [0.1, 0.15) is 16.5 Å². The van der Waals surface area contributed by atoms with Crippen LogP contribution in [0.15, 0.2) is 83.5 Å². The van der Waals surface area contributed by atoms with Gasteiger partial charge < -0.3 is 10.1 Å². The molecular formula is C27H23ClN2O4. The summed E-state index contributed by atoms with van der Waals surface area (Å²) in [6.45, 7) is 4.08. The number of hydrogen-bond donors (Lipinski definition) is 1. The lowest BCUT2D eigenvalue weighted by Gasteiger charge is -2.15. The van der Waals surface area contributed by atoms with Crippen LogP contribution in [0.3, 0.4) is 0 Å². The molecule has 0 radical (unpaired) electrons. The van der Waals surface area contributed by atoms with Crippen molar-refractivity contribution in [3.63, 3.8) is 0 Å². The molecule has 4 rings (SSSR count). The van der Waals surface area contributed by atoms with E-state index in [2.05, 4.69) is 12.2 Å². The number of carbonyl (C=O) groups is 3. The summed E-state index contributed by atoms with van der Waals surface area (Å²) in [7, 11) is 0. The van der Waals surface area contributed by atoms with E-state index in [1.54, 1.807) is 48.5 Å². The highest BCUT2D eigenvalue weighted by Gasteiger charge is 2.38. The number of anilines is 2. The molecule has 0 saturated heterocycles. The molecule has 7 heteroatoms. The third-order valence-electron chi connectivity index (χ3n) is 5.56. The standard InChI is InChI=1S/C27H23ClN2O4/c1-3-17-5-13-21(14-6-17)30-25(31)23(28)24(26(30)32)29-20-11-9-19(10-12-20)27(33)34-22-15-7-18(4-2)8-16-22/h5-16,29H,3-4H2,1-2H3. The van der Waals surface area contributed by atoms with Crippen molar-refractivity contribution < 1.29 is 19.1 Å². The van der Waals surface area contributed by atoms with Gasteiger partial charge in [-0.1, -0.05) is 49.7 Å². The molecule has 1 aliphatic heterocycles. The van der Waals surface area contributed by atoms with E-state index in [0.29, 0.717) is 22.7 Å². The molecule has 3 aromatic carbocycles. The molecule has 1 aliphatic rings. The van der Waals surface area contributed by atoms with Crippen LogP contribution < -0.4 is 15.0 Å². The van der Waals surface area contributed by atoms with Gasteiger partial charge in [0, 0.05) is 5.69 Å². The van der Waals surface area contributed by atoms with E-state index in [1.807, 2.05) is 31.2 Å². The number of aryl methyl sites for hydroxylation is 2. The summed E-state index contributed by atoms with van der Waals surface area (Å²) in [6.07, 6.45) is 1.75. The van der Waals surface area contributed by atoms with Crippen molar-refractivity contribution in [2.75, 3.05) is 10.2 Å². The van der Waals surface area contributed by atoms with Crippen LogP contribution in [0.1, 0.15) is 35.3 Å². The van der Waals surface area contributed by atoms with E-state index >= 15 is 0 Å². The van der Waals surface area contributed by atoms with Gasteiger partial charge in [-0.2, -0.15) is 0 Å². The summed E-state index contributed by atoms with van der Waals surface area (Å²) in [5.74, 6) is -1.17. The van der Waals surface area contributed by atoms with Gasteiger partial charge in [0.15, 0.2) is 0 Å². The van der Waals surface area contributed by atoms with Crippen molar-refractivity contribution in [1.82, 2.24) is 0 Å². The normalized spacial score (nSPS) is 13.4. The summed E-state index contributed by atoms with van der Waals surface area (Å²) in [4.78, 5) is 39.1. The summed E-state index contributed by atoms with van der Waals surface area (Å²) >= 11 is 6.20. The monoisotopic (exact) mass is 474 g/mol. The third-order valence-corrected chi connectivity index (χ3v) is 5.91. The zero-order chi connectivity index (χ0) is 24.2. The van der Waals surface area contributed by atoms with Crippen molar-refractivity contribution >= 4 is 40.8 Å². The molecule has 0 fully saturated rings. The van der Waals surface area contributed by atoms with Gasteiger partial charge in [-0.3, -0.25) is 9.59 Å². The Morgan fingerprint density at radius 2 is 1.38 bits per heavy atom. The predicted octanol–water partition coefficient (Wildman–Crippen LogP) is 5.47. The van der Waals surface area contributed by atoms with Gasteiger partial charge in [0.2, 0.25) is 0 Å². The van der Waals surface area contributed by atoms with E-state index in [4.69, 9.17) is 16.3 Å². The van der Waals surface area contributed by atoms with Crippen LogP contribution in [0.5, 0.6) is 5.75 Å². The van der Waals surface area contributed by atoms with Gasteiger partial charge in [-0.25, -0.2) is 9.69 Å². The molecule has 34 heavy (non-hydrogen) atoms. The first-order valence-corrected chi connectivity index (χ1v) is 11.3. The highest BCUT2D eigenvalue weighted by Crippen LogP contribution is 2.30. The largest absolute Gasteiger partial charge is 0.423 e. The van der Waals surface area contributed by atoms with Crippen LogP contribution >= 0.6 is 11.6 Å². The van der Waals surface area contributed by atoms with Gasteiger partial charge >= 0.3 is 5.97 Å². The Kier molecular flexibility index (Phi) is 6.80. The molecule has 0 spiro atoms. The second kappa shape index (κ2) is 9.93. The number of carbonyl (C=O) groups excluding carboxylic acids is 3. The highest BCUT2D eigenvalue weighted by atomic mass is 35.5. The van der Waals surface area contributed by atoms with Crippen molar-refractivity contribution in [1.29, 1.82) is 0 Å². The number of ether oxygens (including phenoxy) is 1. The third kappa shape index (κ3) is 4.72. The number of benzene rings is 3. The molecule has 3 aromatic rings. The molecule has 0 atom stereocenters. The van der Waals surface area contributed by atoms with E-state index in [-0.39, 0.29) is 10.7 Å². The molecule has 2 amide bonds. The van der Waals surface area contributed by atoms with Crippen LogP contribution in [-0.2, 0) is 22.4 Å². The number of nitrogens with one attached hydrogen (secondary N) is 1. The Morgan fingerprint density at radius 3 is 1.94 bits per heavy atom. The van der Waals surface area contributed by atoms with Gasteiger partial charge in [-0.05, 0) is 72.5 Å². The Labute approximate surface area is 202 Å². The summed E-state index contributed by atoms with van der Waals surface area (Å²) in [5.41, 5.74) is 3.53.